The molecule has 0 aliphatic rings. The zero-order valence-electron chi connectivity index (χ0n) is 22.2. The number of benzene rings is 1. The van der Waals surface area contributed by atoms with Crippen LogP contribution in [0.4, 0.5) is 19.0 Å². The molecule has 0 saturated carbocycles. The number of rotatable bonds is 14. The average molecular weight is 571 g/mol. The van der Waals surface area contributed by atoms with E-state index >= 15 is 0 Å². The van der Waals surface area contributed by atoms with Gasteiger partial charge >= 0.3 is 6.36 Å². The molecule has 0 saturated heterocycles. The second-order valence-electron chi connectivity index (χ2n) is 8.66. The number of carbonyl (C=O) groups excluding carboxylic acids is 2. The molecule has 216 valence electrons. The van der Waals surface area contributed by atoms with E-state index < -0.39 is 12.3 Å². The number of pyridine rings is 1. The maximum absolute atomic E-state index is 12.5. The average Bonchev–Trinajstić information content (AvgIpc) is 2.93. The molecule has 1 aromatic carbocycles. The molecule has 0 atom stereocenters. The number of carbonyl (C=O) groups is 2. The van der Waals surface area contributed by atoms with Crippen molar-refractivity contribution in [3.63, 3.8) is 0 Å². The summed E-state index contributed by atoms with van der Waals surface area (Å²) >= 11 is 0. The van der Waals surface area contributed by atoms with Crippen LogP contribution in [-0.2, 0) is 22.4 Å². The van der Waals surface area contributed by atoms with Gasteiger partial charge in [0, 0.05) is 25.5 Å². The third kappa shape index (κ3) is 10.7. The molecule has 0 spiro atoms. The fourth-order valence-electron chi connectivity index (χ4n) is 3.64. The third-order valence-electron chi connectivity index (χ3n) is 5.48. The fraction of sp³-hybridized carbons (Fsp3) is 0.296. The number of nitrogens with one attached hydrogen (secondary N) is 4. The first-order valence-electron chi connectivity index (χ1n) is 12.7. The number of likely N-dealkylation sites (N-methyl/N-ethyl adjacent to an activating group) is 1. The summed E-state index contributed by atoms with van der Waals surface area (Å²) in [5.41, 5.74) is 9.30. The van der Waals surface area contributed by atoms with Gasteiger partial charge in [0.2, 0.25) is 5.91 Å². The van der Waals surface area contributed by atoms with Crippen molar-refractivity contribution in [3.05, 3.63) is 78.0 Å². The van der Waals surface area contributed by atoms with Crippen LogP contribution < -0.4 is 20.7 Å². The summed E-state index contributed by atoms with van der Waals surface area (Å²) in [6.45, 7) is 2.82. The van der Waals surface area contributed by atoms with Gasteiger partial charge in [0.1, 0.15) is 5.75 Å². The highest BCUT2D eigenvalue weighted by atomic mass is 19.4. The molecule has 2 aromatic heterocycles. The molecule has 0 aliphatic carbocycles. The van der Waals surface area contributed by atoms with Crippen molar-refractivity contribution in [2.24, 2.45) is 5.11 Å². The lowest BCUT2D eigenvalue weighted by Gasteiger charge is -2.10. The predicted octanol–water partition coefficient (Wildman–Crippen LogP) is 4.54. The molecule has 41 heavy (non-hydrogen) atoms. The fourth-order valence-corrected chi connectivity index (χ4v) is 3.64. The van der Waals surface area contributed by atoms with Gasteiger partial charge in [0.15, 0.2) is 11.5 Å². The summed E-state index contributed by atoms with van der Waals surface area (Å²) in [5, 5.41) is 19.6. The molecule has 14 heteroatoms. The van der Waals surface area contributed by atoms with Gasteiger partial charge in [0.05, 0.1) is 17.8 Å². The minimum atomic E-state index is -4.80. The van der Waals surface area contributed by atoms with Crippen molar-refractivity contribution in [2.75, 3.05) is 18.4 Å². The Morgan fingerprint density at radius 2 is 1.85 bits per heavy atom. The van der Waals surface area contributed by atoms with Crippen LogP contribution in [0, 0.1) is 5.53 Å². The number of nitrogens with zero attached hydrogens (tertiary/aromatic N) is 4. The summed E-state index contributed by atoms with van der Waals surface area (Å²) < 4.78 is 41.6. The van der Waals surface area contributed by atoms with Gasteiger partial charge in [-0.2, -0.15) is 10.2 Å². The molecule has 0 unspecified atom stereocenters. The van der Waals surface area contributed by atoms with E-state index in [0.29, 0.717) is 36.3 Å². The summed E-state index contributed by atoms with van der Waals surface area (Å²) in [4.78, 5) is 28.4. The van der Waals surface area contributed by atoms with Crippen LogP contribution >= 0.6 is 0 Å². The highest BCUT2D eigenvalue weighted by Crippen LogP contribution is 2.28. The molecular weight excluding hydrogens is 541 g/mol. The Morgan fingerprint density at radius 1 is 1.05 bits per heavy atom. The van der Waals surface area contributed by atoms with E-state index in [1.807, 2.05) is 0 Å². The van der Waals surface area contributed by atoms with Gasteiger partial charge in [0.25, 0.3) is 5.91 Å². The maximum atomic E-state index is 12.5. The largest absolute Gasteiger partial charge is 0.573 e. The van der Waals surface area contributed by atoms with Crippen LogP contribution in [0.15, 0.2) is 71.7 Å². The lowest BCUT2D eigenvalue weighted by Crippen LogP contribution is -2.25. The highest BCUT2D eigenvalue weighted by molar-refractivity contribution is 5.92. The van der Waals surface area contributed by atoms with Gasteiger partial charge in [-0.15, -0.1) is 18.3 Å². The van der Waals surface area contributed by atoms with E-state index in [9.17, 15) is 22.8 Å². The van der Waals surface area contributed by atoms with Crippen LogP contribution in [0.25, 0.3) is 11.1 Å². The first-order valence-corrected chi connectivity index (χ1v) is 12.7. The topological polar surface area (TPSA) is 154 Å². The number of amides is 2. The number of aromatic nitrogens is 3. The summed E-state index contributed by atoms with van der Waals surface area (Å²) in [6.07, 6.45) is 0.244. The molecule has 2 heterocycles. The van der Waals surface area contributed by atoms with E-state index in [2.05, 4.69) is 41.0 Å². The Balaban J connectivity index is 1.46. The van der Waals surface area contributed by atoms with E-state index in [0.717, 1.165) is 18.5 Å². The van der Waals surface area contributed by atoms with E-state index in [4.69, 9.17) is 5.53 Å². The van der Waals surface area contributed by atoms with Gasteiger partial charge in [-0.05, 0) is 73.7 Å². The zero-order valence-corrected chi connectivity index (χ0v) is 22.2. The second-order valence-corrected chi connectivity index (χ2v) is 8.66. The predicted molar refractivity (Wildman–Crippen MR) is 144 cm³/mol. The third-order valence-corrected chi connectivity index (χ3v) is 5.48. The highest BCUT2D eigenvalue weighted by Gasteiger charge is 2.31. The molecule has 3 rings (SSSR count). The quantitative estimate of drug-likeness (QED) is 0.126. The lowest BCUT2D eigenvalue weighted by atomic mass is 10.1. The van der Waals surface area contributed by atoms with E-state index in [-0.39, 0.29) is 29.6 Å². The van der Waals surface area contributed by atoms with Crippen LogP contribution in [0.2, 0.25) is 0 Å². The molecule has 4 N–H and O–H groups in total. The zero-order chi connectivity index (χ0) is 29.7. The number of anilines is 1. The number of alkyl halides is 3. The minimum Gasteiger partial charge on any atom is -0.406 e. The van der Waals surface area contributed by atoms with Gasteiger partial charge in [-0.3, -0.25) is 14.6 Å². The monoisotopic (exact) mass is 570 g/mol. The number of unbranched alkanes of at least 4 members (excludes halogenated alkanes) is 1. The van der Waals surface area contributed by atoms with Crippen molar-refractivity contribution in [2.45, 2.75) is 39.0 Å². The van der Waals surface area contributed by atoms with E-state index in [1.54, 1.807) is 37.3 Å². The Hall–Kier alpha value is -4.88. The van der Waals surface area contributed by atoms with Crippen molar-refractivity contribution < 1.29 is 27.5 Å². The molecule has 3 aromatic rings. The normalized spacial score (nSPS) is 11.5. The SMILES string of the molecule is CCNC(=O)/C(=C/NCCCCc1ccc(NC(=O)Cc2cc(-c3cccc(OC(F)(F)F)c3)ccn2)nn1)N=N. The number of halogens is 3. The smallest absolute Gasteiger partial charge is 0.406 e. The lowest BCUT2D eigenvalue weighted by molar-refractivity contribution is -0.274. The molecule has 0 fully saturated rings. The second kappa shape index (κ2) is 15.1. The van der Waals surface area contributed by atoms with Gasteiger partial charge < -0.3 is 20.7 Å². The molecule has 0 aliphatic heterocycles. The van der Waals surface area contributed by atoms with Gasteiger partial charge in [-0.1, -0.05) is 12.1 Å². The van der Waals surface area contributed by atoms with Crippen molar-refractivity contribution in [3.8, 4) is 16.9 Å². The Kier molecular flexibility index (Phi) is 11.3. The number of hydrogen-bond acceptors (Lipinski definition) is 9. The van der Waals surface area contributed by atoms with Crippen LogP contribution in [0.1, 0.15) is 31.2 Å². The molecular formula is C27H29F3N8O3. The Bertz CT molecular complexity index is 1360. The first-order chi connectivity index (χ1) is 19.7. The molecule has 0 radical (unpaired) electrons. The first kappa shape index (κ1) is 30.7. The van der Waals surface area contributed by atoms with Crippen LogP contribution in [-0.4, -0.2) is 46.4 Å². The standard InChI is InChI=1S/C27H29F3N8O3/c1-2-33-26(40)23(36-31)17-32-12-4-3-7-20-9-10-24(38-37-20)35-25(39)16-21-14-19(11-13-34-21)18-6-5-8-22(15-18)41-27(28,29)30/h5-6,8-11,13-15,17,31-32H,2-4,7,12,16H2,1H3,(H,33,40)(H,35,38,39)/b23-17-,36-31?. The summed E-state index contributed by atoms with van der Waals surface area (Å²) in [5.74, 6) is -0.857. The Morgan fingerprint density at radius 3 is 2.56 bits per heavy atom. The van der Waals surface area contributed by atoms with Crippen molar-refractivity contribution in [1.82, 2.24) is 25.8 Å². The minimum absolute atomic E-state index is 0.00332. The van der Waals surface area contributed by atoms with Crippen LogP contribution in [0.3, 0.4) is 0 Å². The number of ether oxygens (including phenoxy) is 1. The van der Waals surface area contributed by atoms with Crippen molar-refractivity contribution in [1.29, 1.82) is 5.53 Å². The van der Waals surface area contributed by atoms with Gasteiger partial charge in [-0.25, -0.2) is 5.53 Å². The Labute approximate surface area is 234 Å². The summed E-state index contributed by atoms with van der Waals surface area (Å²) in [7, 11) is 0. The number of hydrogen-bond donors (Lipinski definition) is 4. The molecule has 0 bridgehead atoms. The maximum Gasteiger partial charge on any atom is 0.573 e. The summed E-state index contributed by atoms with van der Waals surface area (Å²) in [6, 6.07) is 12.2. The molecule has 2 amide bonds. The number of aryl methyl sites for hydroxylation is 1. The van der Waals surface area contributed by atoms with Crippen molar-refractivity contribution >= 4 is 17.6 Å². The van der Waals surface area contributed by atoms with Crippen LogP contribution in [0.5, 0.6) is 5.75 Å². The van der Waals surface area contributed by atoms with E-state index in [1.165, 1.54) is 30.6 Å². The molecule has 11 nitrogen and oxygen atoms in total.